The van der Waals surface area contributed by atoms with Gasteiger partial charge in [-0.1, -0.05) is 6.42 Å². The average Bonchev–Trinajstić information content (AvgIpc) is 2.49. The topological polar surface area (TPSA) is 23.6 Å². The summed E-state index contributed by atoms with van der Waals surface area (Å²) in [5.74, 6) is 1.75. The molecule has 0 spiro atoms. The van der Waals surface area contributed by atoms with E-state index in [-0.39, 0.29) is 0 Å². The van der Waals surface area contributed by atoms with Gasteiger partial charge in [0.1, 0.15) is 0 Å². The van der Waals surface area contributed by atoms with E-state index in [9.17, 15) is 4.79 Å². The molecule has 0 unspecified atom stereocenters. The molecule has 0 bridgehead atoms. The molecule has 3 nitrogen and oxygen atoms in total. The number of rotatable bonds is 4. The Balaban J connectivity index is 1.74. The highest BCUT2D eigenvalue weighted by Gasteiger charge is 2.25. The third-order valence-corrected chi connectivity index (χ3v) is 4.20. The van der Waals surface area contributed by atoms with Crippen LogP contribution in [0.4, 0.5) is 0 Å². The van der Waals surface area contributed by atoms with Crippen molar-refractivity contribution in [3.05, 3.63) is 0 Å². The number of hydrogen-bond acceptors (Lipinski definition) is 2. The van der Waals surface area contributed by atoms with Crippen molar-refractivity contribution in [2.24, 2.45) is 5.92 Å². The summed E-state index contributed by atoms with van der Waals surface area (Å²) in [5, 5.41) is 0. The highest BCUT2D eigenvalue weighted by Crippen LogP contribution is 2.29. The Labute approximate surface area is 109 Å². The van der Waals surface area contributed by atoms with E-state index in [2.05, 4.69) is 9.80 Å². The van der Waals surface area contributed by atoms with Crippen LogP contribution in [0.3, 0.4) is 0 Å². The first-order chi connectivity index (χ1) is 8.29. The number of carbonyl (C=O) groups excluding carboxylic acids is 1. The summed E-state index contributed by atoms with van der Waals surface area (Å²) in [5.41, 5.74) is 0. The normalized spacial score (nSPS) is 23.2. The zero-order valence-electron chi connectivity index (χ0n) is 10.5. The van der Waals surface area contributed by atoms with Crippen LogP contribution in [0.1, 0.15) is 32.1 Å². The molecule has 17 heavy (non-hydrogen) atoms. The van der Waals surface area contributed by atoms with Gasteiger partial charge < -0.3 is 9.80 Å². The second-order valence-corrected chi connectivity index (χ2v) is 5.64. The number of carbonyl (C=O) groups is 1. The Morgan fingerprint density at radius 1 is 1.12 bits per heavy atom. The maximum Gasteiger partial charge on any atom is 0.222 e. The number of amides is 1. The van der Waals surface area contributed by atoms with Crippen molar-refractivity contribution >= 4 is 17.5 Å². The molecule has 1 aliphatic carbocycles. The molecule has 0 N–H and O–H groups in total. The van der Waals surface area contributed by atoms with E-state index < -0.39 is 0 Å². The van der Waals surface area contributed by atoms with Gasteiger partial charge in [-0.25, -0.2) is 0 Å². The second-order valence-electron chi connectivity index (χ2n) is 5.27. The Hall–Kier alpha value is -0.280. The molecule has 98 valence electrons. The largest absolute Gasteiger partial charge is 0.341 e. The van der Waals surface area contributed by atoms with E-state index in [1.54, 1.807) is 0 Å². The maximum atomic E-state index is 12.1. The van der Waals surface area contributed by atoms with Crippen LogP contribution < -0.4 is 0 Å². The fourth-order valence-corrected chi connectivity index (χ4v) is 2.88. The molecule has 0 radical (unpaired) electrons. The molecule has 2 aliphatic rings. The molecule has 1 heterocycles. The molecule has 0 aromatic carbocycles. The van der Waals surface area contributed by atoms with Crippen LogP contribution in [0.2, 0.25) is 0 Å². The third kappa shape index (κ3) is 3.85. The molecule has 4 heteroatoms. The van der Waals surface area contributed by atoms with Crippen molar-refractivity contribution in [1.82, 2.24) is 9.80 Å². The van der Waals surface area contributed by atoms with E-state index in [4.69, 9.17) is 11.6 Å². The summed E-state index contributed by atoms with van der Waals surface area (Å²) in [6, 6.07) is 0. The van der Waals surface area contributed by atoms with Crippen LogP contribution in [-0.2, 0) is 4.79 Å². The summed E-state index contributed by atoms with van der Waals surface area (Å²) >= 11 is 5.76. The van der Waals surface area contributed by atoms with Crippen LogP contribution in [0, 0.1) is 5.92 Å². The van der Waals surface area contributed by atoms with Crippen LogP contribution in [0.25, 0.3) is 0 Å². The van der Waals surface area contributed by atoms with Gasteiger partial charge in [0.25, 0.3) is 0 Å². The molecule has 2 fully saturated rings. The number of halogens is 1. The van der Waals surface area contributed by atoms with Crippen LogP contribution in [0.15, 0.2) is 0 Å². The first-order valence-corrected chi connectivity index (χ1v) is 7.39. The molecule has 1 saturated heterocycles. The Morgan fingerprint density at radius 3 is 2.59 bits per heavy atom. The Kier molecular flexibility index (Phi) is 5.11. The quantitative estimate of drug-likeness (QED) is 0.720. The smallest absolute Gasteiger partial charge is 0.222 e. The van der Waals surface area contributed by atoms with Gasteiger partial charge >= 0.3 is 0 Å². The Bertz CT molecular complexity index is 256. The van der Waals surface area contributed by atoms with E-state index in [0.717, 1.165) is 45.6 Å². The lowest BCUT2D eigenvalue weighted by Crippen LogP contribution is -2.37. The highest BCUT2D eigenvalue weighted by molar-refractivity contribution is 6.18. The minimum atomic E-state index is 0.377. The summed E-state index contributed by atoms with van der Waals surface area (Å²) in [6.07, 6.45) is 5.72. The second kappa shape index (κ2) is 6.60. The summed E-state index contributed by atoms with van der Waals surface area (Å²) in [7, 11) is 0. The number of hydrogen-bond donors (Lipinski definition) is 0. The molecule has 0 aromatic heterocycles. The molecule has 1 saturated carbocycles. The molecule has 2 rings (SSSR count). The van der Waals surface area contributed by atoms with Gasteiger partial charge in [0.05, 0.1) is 0 Å². The summed E-state index contributed by atoms with van der Waals surface area (Å²) < 4.78 is 0. The minimum absolute atomic E-state index is 0.377. The van der Waals surface area contributed by atoms with Gasteiger partial charge in [0.15, 0.2) is 0 Å². The highest BCUT2D eigenvalue weighted by atomic mass is 35.5. The average molecular weight is 259 g/mol. The SMILES string of the molecule is O=C(CC1CCC1)N1CCCN(CCCl)CC1. The molecule has 0 atom stereocenters. The van der Waals surface area contributed by atoms with Gasteiger partial charge in [-0.3, -0.25) is 4.79 Å². The van der Waals surface area contributed by atoms with Crippen molar-refractivity contribution < 1.29 is 4.79 Å². The maximum absolute atomic E-state index is 12.1. The standard InChI is InChI=1S/C13H23ClN2O/c14-5-8-15-6-2-7-16(10-9-15)13(17)11-12-3-1-4-12/h12H,1-11H2. The first kappa shape index (κ1) is 13.2. The van der Waals surface area contributed by atoms with E-state index in [1.807, 2.05) is 0 Å². The lowest BCUT2D eigenvalue weighted by atomic mass is 9.82. The van der Waals surface area contributed by atoms with Crippen molar-refractivity contribution in [2.75, 3.05) is 38.6 Å². The molecule has 1 aliphatic heterocycles. The minimum Gasteiger partial charge on any atom is -0.341 e. The van der Waals surface area contributed by atoms with Crippen molar-refractivity contribution in [3.63, 3.8) is 0 Å². The van der Waals surface area contributed by atoms with Gasteiger partial charge in [-0.2, -0.15) is 0 Å². The van der Waals surface area contributed by atoms with Gasteiger partial charge in [-0.05, 0) is 31.7 Å². The predicted molar refractivity (Wildman–Crippen MR) is 70.3 cm³/mol. The zero-order chi connectivity index (χ0) is 12.1. The van der Waals surface area contributed by atoms with Gasteiger partial charge in [0, 0.05) is 38.5 Å². The van der Waals surface area contributed by atoms with Gasteiger partial charge in [-0.15, -0.1) is 11.6 Å². The van der Waals surface area contributed by atoms with Crippen molar-refractivity contribution in [3.8, 4) is 0 Å². The Morgan fingerprint density at radius 2 is 1.94 bits per heavy atom. The number of alkyl halides is 1. The monoisotopic (exact) mass is 258 g/mol. The summed E-state index contributed by atoms with van der Waals surface area (Å²) in [4.78, 5) is 16.5. The van der Waals surface area contributed by atoms with Crippen molar-refractivity contribution in [2.45, 2.75) is 32.1 Å². The van der Waals surface area contributed by atoms with E-state index >= 15 is 0 Å². The zero-order valence-corrected chi connectivity index (χ0v) is 11.3. The van der Waals surface area contributed by atoms with Crippen LogP contribution >= 0.6 is 11.6 Å². The van der Waals surface area contributed by atoms with E-state index in [0.29, 0.717) is 17.7 Å². The number of nitrogens with zero attached hydrogens (tertiary/aromatic N) is 2. The van der Waals surface area contributed by atoms with Gasteiger partial charge in [0.2, 0.25) is 5.91 Å². The van der Waals surface area contributed by atoms with Crippen molar-refractivity contribution in [1.29, 1.82) is 0 Å². The predicted octanol–water partition coefficient (Wildman–Crippen LogP) is 1.95. The molecular weight excluding hydrogens is 236 g/mol. The third-order valence-electron chi connectivity index (χ3n) is 4.03. The van der Waals surface area contributed by atoms with E-state index in [1.165, 1.54) is 19.3 Å². The fourth-order valence-electron chi connectivity index (χ4n) is 2.64. The molecular formula is C13H23ClN2O. The molecule has 1 amide bonds. The van der Waals surface area contributed by atoms with Crippen LogP contribution in [0.5, 0.6) is 0 Å². The lowest BCUT2D eigenvalue weighted by Gasteiger charge is -2.28. The fraction of sp³-hybridized carbons (Fsp3) is 0.923. The lowest BCUT2D eigenvalue weighted by molar-refractivity contribution is -0.132. The summed E-state index contributed by atoms with van der Waals surface area (Å²) in [6.45, 7) is 4.85. The first-order valence-electron chi connectivity index (χ1n) is 6.85. The van der Waals surface area contributed by atoms with Crippen LogP contribution in [-0.4, -0.2) is 54.3 Å². The molecule has 0 aromatic rings.